The topological polar surface area (TPSA) is 38.3 Å². The number of hydrogen-bond acceptors (Lipinski definition) is 2. The van der Waals surface area contributed by atoms with Gasteiger partial charge in [0.25, 0.3) is 0 Å². The maximum atomic E-state index is 11.5. The summed E-state index contributed by atoms with van der Waals surface area (Å²) in [4.78, 5) is 11.5. The van der Waals surface area contributed by atoms with Crippen molar-refractivity contribution < 1.29 is 9.53 Å². The van der Waals surface area contributed by atoms with Crippen molar-refractivity contribution in [3.63, 3.8) is 0 Å². The van der Waals surface area contributed by atoms with Crippen LogP contribution in [-0.2, 0) is 9.53 Å². The van der Waals surface area contributed by atoms with Crippen molar-refractivity contribution in [3.05, 3.63) is 27.8 Å². The lowest BCUT2D eigenvalue weighted by Gasteiger charge is -2.06. The van der Waals surface area contributed by atoms with Gasteiger partial charge in [-0.05, 0) is 41.1 Å². The summed E-state index contributed by atoms with van der Waals surface area (Å²) in [5.41, 5.74) is 0.875. The van der Waals surface area contributed by atoms with Crippen LogP contribution in [-0.4, -0.2) is 19.6 Å². The predicted octanol–water partition coefficient (Wildman–Crippen LogP) is 2.66. The number of carbonyl (C=O) groups excluding carboxylic acids is 1. The minimum absolute atomic E-state index is 0.0381. The van der Waals surface area contributed by atoms with Crippen LogP contribution in [0.3, 0.4) is 0 Å². The highest BCUT2D eigenvalue weighted by atomic mass is 127. The summed E-state index contributed by atoms with van der Waals surface area (Å²) in [5.74, 6) is 0.0381. The number of para-hydroxylation sites is 1. The van der Waals surface area contributed by atoms with Crippen molar-refractivity contribution in [1.29, 1.82) is 0 Å². The number of anilines is 1. The Balaban J connectivity index is 2.41. The molecule has 15 heavy (non-hydrogen) atoms. The average Bonchev–Trinajstić information content (AvgIpc) is 2.22. The first-order chi connectivity index (χ1) is 7.24. The molecule has 0 aliphatic heterocycles. The Labute approximate surface area is 103 Å². The number of benzene rings is 1. The van der Waals surface area contributed by atoms with Gasteiger partial charge in [-0.15, -0.1) is 0 Å². The molecule has 1 rings (SSSR count). The second kappa shape index (κ2) is 6.79. The van der Waals surface area contributed by atoms with E-state index in [2.05, 4.69) is 27.9 Å². The van der Waals surface area contributed by atoms with Crippen LogP contribution in [0, 0.1) is 3.57 Å². The van der Waals surface area contributed by atoms with Crippen LogP contribution in [0.5, 0.6) is 0 Å². The van der Waals surface area contributed by atoms with Gasteiger partial charge in [-0.2, -0.15) is 0 Å². The number of rotatable bonds is 5. The Morgan fingerprint density at radius 2 is 2.20 bits per heavy atom. The van der Waals surface area contributed by atoms with Gasteiger partial charge in [0, 0.05) is 23.7 Å². The summed E-state index contributed by atoms with van der Waals surface area (Å²) in [6.07, 6.45) is 1.25. The minimum atomic E-state index is 0.0381. The molecule has 0 unspecified atom stereocenters. The number of halogens is 1. The number of carbonyl (C=O) groups is 1. The van der Waals surface area contributed by atoms with Gasteiger partial charge in [0.1, 0.15) is 0 Å². The Morgan fingerprint density at radius 1 is 1.47 bits per heavy atom. The smallest absolute Gasteiger partial charge is 0.224 e. The first-order valence-corrected chi connectivity index (χ1v) is 5.85. The molecule has 0 heterocycles. The molecule has 1 N–H and O–H groups in total. The Hall–Kier alpha value is -0.620. The normalized spacial score (nSPS) is 10.0. The van der Waals surface area contributed by atoms with Gasteiger partial charge in [-0.1, -0.05) is 12.1 Å². The van der Waals surface area contributed by atoms with Crippen molar-refractivity contribution in [2.75, 3.05) is 19.0 Å². The quantitative estimate of drug-likeness (QED) is 0.669. The molecular weight excluding hydrogens is 305 g/mol. The maximum absolute atomic E-state index is 11.5. The zero-order valence-corrected chi connectivity index (χ0v) is 10.8. The molecule has 0 atom stereocenters. The Morgan fingerprint density at radius 3 is 2.87 bits per heavy atom. The molecule has 0 radical (unpaired) electrons. The first kappa shape index (κ1) is 12.4. The highest BCUT2D eigenvalue weighted by molar-refractivity contribution is 14.1. The zero-order valence-electron chi connectivity index (χ0n) is 8.63. The number of hydrogen-bond donors (Lipinski definition) is 1. The second-order valence-corrected chi connectivity index (χ2v) is 4.29. The van der Waals surface area contributed by atoms with Crippen molar-refractivity contribution in [1.82, 2.24) is 0 Å². The molecule has 1 aromatic rings. The van der Waals surface area contributed by atoms with E-state index >= 15 is 0 Å². The van der Waals surface area contributed by atoms with Crippen LogP contribution in [0.4, 0.5) is 5.69 Å². The zero-order chi connectivity index (χ0) is 11.1. The summed E-state index contributed by atoms with van der Waals surface area (Å²) in [5, 5.41) is 2.87. The largest absolute Gasteiger partial charge is 0.385 e. The fourth-order valence-electron chi connectivity index (χ4n) is 1.15. The molecule has 0 aliphatic rings. The average molecular weight is 319 g/mol. The van der Waals surface area contributed by atoms with Gasteiger partial charge in [-0.25, -0.2) is 0 Å². The van der Waals surface area contributed by atoms with Crippen molar-refractivity contribution in [2.24, 2.45) is 0 Å². The predicted molar refractivity (Wildman–Crippen MR) is 68.9 cm³/mol. The molecule has 0 aromatic heterocycles. The van der Waals surface area contributed by atoms with E-state index in [1.807, 2.05) is 24.3 Å². The summed E-state index contributed by atoms with van der Waals surface area (Å²) < 4.78 is 5.94. The number of nitrogens with one attached hydrogen (secondary N) is 1. The molecule has 3 nitrogen and oxygen atoms in total. The second-order valence-electron chi connectivity index (χ2n) is 3.12. The van der Waals surface area contributed by atoms with E-state index < -0.39 is 0 Å². The Bertz CT molecular complexity index is 328. The fraction of sp³-hybridized carbons (Fsp3) is 0.364. The molecule has 0 aliphatic carbocycles. The molecule has 0 saturated heterocycles. The molecule has 4 heteroatoms. The van der Waals surface area contributed by atoms with E-state index in [9.17, 15) is 4.79 Å². The summed E-state index contributed by atoms with van der Waals surface area (Å²) in [7, 11) is 1.64. The maximum Gasteiger partial charge on any atom is 0.224 e. The van der Waals surface area contributed by atoms with E-state index in [0.29, 0.717) is 13.0 Å². The van der Waals surface area contributed by atoms with Gasteiger partial charge >= 0.3 is 0 Å². The summed E-state index contributed by atoms with van der Waals surface area (Å²) >= 11 is 2.20. The SMILES string of the molecule is COCCCC(=O)Nc1ccccc1I. The first-order valence-electron chi connectivity index (χ1n) is 4.77. The van der Waals surface area contributed by atoms with E-state index in [1.165, 1.54) is 0 Å². The van der Waals surface area contributed by atoms with Gasteiger partial charge in [0.15, 0.2) is 0 Å². The van der Waals surface area contributed by atoms with Crippen molar-refractivity contribution in [2.45, 2.75) is 12.8 Å². The van der Waals surface area contributed by atoms with Crippen molar-refractivity contribution in [3.8, 4) is 0 Å². The molecule has 0 spiro atoms. The molecular formula is C11H14INO2. The molecule has 1 aromatic carbocycles. The van der Waals surface area contributed by atoms with Crippen LogP contribution < -0.4 is 5.32 Å². The summed E-state index contributed by atoms with van der Waals surface area (Å²) in [6.45, 7) is 0.624. The Kier molecular flexibility index (Phi) is 5.63. The number of amides is 1. The molecule has 0 bridgehead atoms. The van der Waals surface area contributed by atoms with E-state index in [1.54, 1.807) is 7.11 Å². The van der Waals surface area contributed by atoms with E-state index in [4.69, 9.17) is 4.74 Å². The van der Waals surface area contributed by atoms with Gasteiger partial charge in [-0.3, -0.25) is 4.79 Å². The van der Waals surface area contributed by atoms with E-state index in [0.717, 1.165) is 15.7 Å². The standard InChI is InChI=1S/C11H14INO2/c1-15-8-4-7-11(14)13-10-6-3-2-5-9(10)12/h2-3,5-6H,4,7-8H2,1H3,(H,13,14). The highest BCUT2D eigenvalue weighted by Gasteiger charge is 2.03. The minimum Gasteiger partial charge on any atom is -0.385 e. The molecule has 1 amide bonds. The lowest BCUT2D eigenvalue weighted by atomic mass is 10.3. The fourth-order valence-corrected chi connectivity index (χ4v) is 1.67. The molecule has 0 saturated carbocycles. The van der Waals surface area contributed by atoms with Crippen molar-refractivity contribution >= 4 is 34.2 Å². The van der Waals surface area contributed by atoms with Gasteiger partial charge in [0.05, 0.1) is 5.69 Å². The van der Waals surface area contributed by atoms with Crippen LogP contribution in [0.25, 0.3) is 0 Å². The van der Waals surface area contributed by atoms with Crippen LogP contribution in [0.2, 0.25) is 0 Å². The monoisotopic (exact) mass is 319 g/mol. The summed E-state index contributed by atoms with van der Waals surface area (Å²) in [6, 6.07) is 7.72. The van der Waals surface area contributed by atoms with Crippen LogP contribution in [0.15, 0.2) is 24.3 Å². The van der Waals surface area contributed by atoms with Crippen LogP contribution >= 0.6 is 22.6 Å². The highest BCUT2D eigenvalue weighted by Crippen LogP contribution is 2.17. The third-order valence-corrected chi connectivity index (χ3v) is 2.84. The number of methoxy groups -OCH3 is 1. The van der Waals surface area contributed by atoms with Gasteiger partial charge in [0.2, 0.25) is 5.91 Å². The third-order valence-electron chi connectivity index (χ3n) is 1.90. The third kappa shape index (κ3) is 4.61. The lowest BCUT2D eigenvalue weighted by molar-refractivity contribution is -0.116. The molecule has 0 fully saturated rings. The lowest BCUT2D eigenvalue weighted by Crippen LogP contribution is -2.12. The molecule has 82 valence electrons. The van der Waals surface area contributed by atoms with E-state index in [-0.39, 0.29) is 5.91 Å². The number of ether oxygens (including phenoxy) is 1. The van der Waals surface area contributed by atoms with Gasteiger partial charge < -0.3 is 10.1 Å². The van der Waals surface area contributed by atoms with Crippen LogP contribution in [0.1, 0.15) is 12.8 Å².